The molecule has 2 rings (SSSR count). The Hall–Kier alpha value is -0.344. The minimum atomic E-state index is -4.29. The third-order valence-electron chi connectivity index (χ3n) is 2.43. The average Bonchev–Trinajstić information content (AvgIpc) is 2.38. The maximum Gasteiger partial charge on any atom is 1.00 e. The number of ketones is 1. The second kappa shape index (κ2) is 6.89. The molecule has 2 aromatic carbocycles. The Morgan fingerprint density at radius 2 is 1.53 bits per heavy atom. The molecule has 2 aromatic rings. The first-order valence-corrected chi connectivity index (χ1v) is 6.60. The van der Waals surface area contributed by atoms with Gasteiger partial charge in [-0.2, -0.15) is 8.42 Å². The van der Waals surface area contributed by atoms with Crippen molar-refractivity contribution in [1.29, 1.82) is 0 Å². The molecule has 0 bridgehead atoms. The second-order valence-corrected chi connectivity index (χ2v) is 5.12. The first-order valence-electron chi connectivity index (χ1n) is 5.16. The minimum absolute atomic E-state index is 0. The summed E-state index contributed by atoms with van der Waals surface area (Å²) in [6.45, 7) is 0. The molecular formula is C13H11KO4S. The van der Waals surface area contributed by atoms with Crippen molar-refractivity contribution in [2.24, 2.45) is 0 Å². The molecule has 0 fully saturated rings. The van der Waals surface area contributed by atoms with E-state index in [4.69, 9.17) is 4.55 Å². The molecule has 0 atom stereocenters. The molecular weight excluding hydrogens is 291 g/mol. The summed E-state index contributed by atoms with van der Waals surface area (Å²) in [4.78, 5) is 11.8. The van der Waals surface area contributed by atoms with E-state index in [1.807, 2.05) is 0 Å². The molecule has 0 unspecified atom stereocenters. The Kier molecular flexibility index (Phi) is 6.06. The van der Waals surface area contributed by atoms with E-state index >= 15 is 0 Å². The summed E-state index contributed by atoms with van der Waals surface area (Å²) in [5.41, 5.74) is 0.682. The summed E-state index contributed by atoms with van der Waals surface area (Å²) < 4.78 is 30.9. The van der Waals surface area contributed by atoms with Crippen molar-refractivity contribution in [2.45, 2.75) is 4.90 Å². The van der Waals surface area contributed by atoms with E-state index in [1.54, 1.807) is 30.3 Å². The van der Waals surface area contributed by atoms with E-state index in [1.165, 1.54) is 18.2 Å². The van der Waals surface area contributed by atoms with E-state index in [9.17, 15) is 13.2 Å². The third-order valence-corrected chi connectivity index (χ3v) is 3.28. The molecule has 0 amide bonds. The standard InChI is InChI=1S/C13H10O4S.K.H/c14-13(10-5-2-1-3-6-10)11-7-4-8-12(9-11)18(15,16)17;;/h1-9H,(H,15,16,17);;/q;+1;-1. The molecule has 0 aliphatic rings. The van der Waals surface area contributed by atoms with Gasteiger partial charge in [-0.25, -0.2) is 0 Å². The Morgan fingerprint density at radius 3 is 2.11 bits per heavy atom. The smallest absolute Gasteiger partial charge is 1.00 e. The van der Waals surface area contributed by atoms with Crippen LogP contribution in [0.1, 0.15) is 17.3 Å². The number of carbonyl (C=O) groups is 1. The molecule has 0 aliphatic carbocycles. The number of hydrogen-bond acceptors (Lipinski definition) is 3. The second-order valence-electron chi connectivity index (χ2n) is 3.70. The summed E-state index contributed by atoms with van der Waals surface area (Å²) in [6, 6.07) is 13.8. The van der Waals surface area contributed by atoms with Crippen LogP contribution >= 0.6 is 0 Å². The van der Waals surface area contributed by atoms with Gasteiger partial charge in [-0.05, 0) is 12.1 Å². The van der Waals surface area contributed by atoms with E-state index in [-0.39, 0.29) is 69.1 Å². The number of carbonyl (C=O) groups excluding carboxylic acids is 1. The van der Waals surface area contributed by atoms with Crippen molar-refractivity contribution < 1.29 is 70.6 Å². The van der Waals surface area contributed by atoms with E-state index in [2.05, 4.69) is 0 Å². The first-order chi connectivity index (χ1) is 8.48. The molecule has 1 N–H and O–H groups in total. The van der Waals surface area contributed by atoms with Gasteiger partial charge < -0.3 is 1.43 Å². The Balaban J connectivity index is 0.00000180. The Bertz CT molecular complexity index is 687. The topological polar surface area (TPSA) is 71.4 Å². The first kappa shape index (κ1) is 16.7. The maximum absolute atomic E-state index is 12.0. The summed E-state index contributed by atoms with van der Waals surface area (Å²) in [7, 11) is -4.29. The zero-order valence-corrected chi connectivity index (χ0v) is 14.2. The molecule has 0 spiro atoms. The number of hydrogen-bond donors (Lipinski definition) is 1. The fraction of sp³-hybridized carbons (Fsp3) is 0. The molecule has 19 heavy (non-hydrogen) atoms. The van der Waals surface area contributed by atoms with Crippen molar-refractivity contribution in [3.63, 3.8) is 0 Å². The van der Waals surface area contributed by atoms with Crippen LogP contribution in [0, 0.1) is 0 Å². The zero-order chi connectivity index (χ0) is 13.2. The van der Waals surface area contributed by atoms with Gasteiger partial charge in [0.05, 0.1) is 4.90 Å². The van der Waals surface area contributed by atoms with Crippen molar-refractivity contribution in [2.75, 3.05) is 0 Å². The molecule has 94 valence electrons. The molecule has 0 saturated carbocycles. The predicted octanol–water partition coefficient (Wildman–Crippen LogP) is -0.719. The van der Waals surface area contributed by atoms with Gasteiger partial charge in [0.1, 0.15) is 0 Å². The summed E-state index contributed by atoms with van der Waals surface area (Å²) in [5, 5.41) is 0. The van der Waals surface area contributed by atoms with Crippen LogP contribution in [0.2, 0.25) is 0 Å². The number of rotatable bonds is 3. The SMILES string of the molecule is O=C(c1ccccc1)c1cccc(S(=O)(=O)O)c1.[H-].[K+]. The molecule has 0 heterocycles. The molecule has 0 aromatic heterocycles. The van der Waals surface area contributed by atoms with Crippen molar-refractivity contribution in [3.05, 3.63) is 65.7 Å². The van der Waals surface area contributed by atoms with E-state index in [0.717, 1.165) is 6.07 Å². The van der Waals surface area contributed by atoms with Gasteiger partial charge in [0.25, 0.3) is 10.1 Å². The van der Waals surface area contributed by atoms with Crippen molar-refractivity contribution >= 4 is 15.9 Å². The van der Waals surface area contributed by atoms with Crippen LogP contribution in [0.3, 0.4) is 0 Å². The quantitative estimate of drug-likeness (QED) is 0.461. The van der Waals surface area contributed by atoms with Crippen LogP contribution in [-0.2, 0) is 10.1 Å². The van der Waals surface area contributed by atoms with Gasteiger partial charge in [-0.3, -0.25) is 9.35 Å². The largest absolute Gasteiger partial charge is 1.00 e. The minimum Gasteiger partial charge on any atom is -1.00 e. The third kappa shape index (κ3) is 4.32. The van der Waals surface area contributed by atoms with E-state index in [0.29, 0.717) is 5.56 Å². The molecule has 0 aliphatic heterocycles. The van der Waals surface area contributed by atoms with Gasteiger partial charge in [-0.15, -0.1) is 0 Å². The van der Waals surface area contributed by atoms with Crippen molar-refractivity contribution in [1.82, 2.24) is 0 Å². The van der Waals surface area contributed by atoms with Crippen molar-refractivity contribution in [3.8, 4) is 0 Å². The van der Waals surface area contributed by atoms with Crippen LogP contribution in [0.5, 0.6) is 0 Å². The van der Waals surface area contributed by atoms with Gasteiger partial charge in [0.2, 0.25) is 0 Å². The van der Waals surface area contributed by atoms with Crippen LogP contribution < -0.4 is 51.4 Å². The van der Waals surface area contributed by atoms with Crippen LogP contribution in [0.15, 0.2) is 59.5 Å². The summed E-state index contributed by atoms with van der Waals surface area (Å²) >= 11 is 0. The fourth-order valence-electron chi connectivity index (χ4n) is 1.55. The summed E-state index contributed by atoms with van der Waals surface area (Å²) in [6.07, 6.45) is 0. The van der Waals surface area contributed by atoms with Crippen LogP contribution in [0.4, 0.5) is 0 Å². The Morgan fingerprint density at radius 1 is 0.947 bits per heavy atom. The van der Waals surface area contributed by atoms with Gasteiger partial charge in [0, 0.05) is 11.1 Å². The van der Waals surface area contributed by atoms with Crippen LogP contribution in [-0.4, -0.2) is 18.8 Å². The molecule has 4 nitrogen and oxygen atoms in total. The normalized spacial score (nSPS) is 10.6. The maximum atomic E-state index is 12.0. The fourth-order valence-corrected chi connectivity index (χ4v) is 2.08. The average molecular weight is 302 g/mol. The van der Waals surface area contributed by atoms with Gasteiger partial charge >= 0.3 is 51.4 Å². The molecule has 0 radical (unpaired) electrons. The number of benzene rings is 2. The molecule has 0 saturated heterocycles. The Labute approximate surface area is 155 Å². The summed E-state index contributed by atoms with van der Waals surface area (Å²) in [5.74, 6) is -0.291. The predicted molar refractivity (Wildman–Crippen MR) is 67.2 cm³/mol. The van der Waals surface area contributed by atoms with Crippen LogP contribution in [0.25, 0.3) is 0 Å². The monoisotopic (exact) mass is 302 g/mol. The van der Waals surface area contributed by atoms with E-state index < -0.39 is 10.1 Å². The zero-order valence-electron chi connectivity index (χ0n) is 11.3. The molecule has 6 heteroatoms. The van der Waals surface area contributed by atoms with Gasteiger partial charge in [-0.1, -0.05) is 42.5 Å². The van der Waals surface area contributed by atoms with Gasteiger partial charge in [0.15, 0.2) is 5.78 Å².